The zero-order valence-corrected chi connectivity index (χ0v) is 23.3. The number of anilines is 1. The summed E-state index contributed by atoms with van der Waals surface area (Å²) in [5.41, 5.74) is 3.93. The van der Waals surface area contributed by atoms with E-state index >= 15 is 0 Å². The molecule has 2 aromatic heterocycles. The first-order chi connectivity index (χ1) is 18.8. The van der Waals surface area contributed by atoms with Crippen LogP contribution < -0.4 is 4.90 Å². The summed E-state index contributed by atoms with van der Waals surface area (Å²) in [7, 11) is -3.75. The van der Waals surface area contributed by atoms with Crippen LogP contribution in [0.4, 0.5) is 5.13 Å². The van der Waals surface area contributed by atoms with E-state index < -0.39 is 10.0 Å². The van der Waals surface area contributed by atoms with E-state index in [2.05, 4.69) is 11.1 Å². The highest BCUT2D eigenvalue weighted by Gasteiger charge is 2.26. The van der Waals surface area contributed by atoms with Crippen LogP contribution in [0.3, 0.4) is 0 Å². The molecule has 0 atom stereocenters. The van der Waals surface area contributed by atoms with Gasteiger partial charge in [-0.3, -0.25) is 14.7 Å². The standard InChI is InChI=1S/C30H28N4O3S2/c1-3-33(20-23-9-5-4-6-10-23)39(36,37)26-15-13-24(14-16-26)29(35)34(21-25-11-7-8-18-31-25)30-32-27-17-12-22(2)19-28(27)38-30/h4-19H,3,20-21H2,1-2H3. The molecule has 1 amide bonds. The van der Waals surface area contributed by atoms with Crippen molar-refractivity contribution in [3.63, 3.8) is 0 Å². The lowest BCUT2D eigenvalue weighted by molar-refractivity contribution is 0.0984. The Labute approximate surface area is 232 Å². The predicted molar refractivity (Wildman–Crippen MR) is 155 cm³/mol. The maximum atomic E-state index is 13.8. The van der Waals surface area contributed by atoms with Crippen molar-refractivity contribution in [2.75, 3.05) is 11.4 Å². The van der Waals surface area contributed by atoms with Gasteiger partial charge in [0, 0.05) is 24.8 Å². The molecule has 0 unspecified atom stereocenters. The van der Waals surface area contributed by atoms with Gasteiger partial charge >= 0.3 is 0 Å². The Morgan fingerprint density at radius 3 is 2.33 bits per heavy atom. The van der Waals surface area contributed by atoms with Gasteiger partial charge < -0.3 is 0 Å². The molecule has 0 bridgehead atoms. The Balaban J connectivity index is 1.44. The van der Waals surface area contributed by atoms with E-state index in [0.29, 0.717) is 17.2 Å². The van der Waals surface area contributed by atoms with Gasteiger partial charge in [-0.05, 0) is 66.6 Å². The van der Waals surface area contributed by atoms with Crippen LogP contribution in [0.2, 0.25) is 0 Å². The Kier molecular flexibility index (Phi) is 7.83. The van der Waals surface area contributed by atoms with Gasteiger partial charge in [0.1, 0.15) is 0 Å². The van der Waals surface area contributed by atoms with Crippen molar-refractivity contribution < 1.29 is 13.2 Å². The van der Waals surface area contributed by atoms with E-state index in [0.717, 1.165) is 27.0 Å². The van der Waals surface area contributed by atoms with Crippen molar-refractivity contribution in [1.29, 1.82) is 0 Å². The number of carbonyl (C=O) groups excluding carboxylic acids is 1. The molecular weight excluding hydrogens is 528 g/mol. The zero-order valence-electron chi connectivity index (χ0n) is 21.7. The van der Waals surface area contributed by atoms with Crippen LogP contribution in [0.15, 0.2) is 102 Å². The van der Waals surface area contributed by atoms with Gasteiger partial charge in [-0.25, -0.2) is 13.4 Å². The molecule has 9 heteroatoms. The third-order valence-corrected chi connectivity index (χ3v) is 9.32. The molecule has 5 rings (SSSR count). The minimum atomic E-state index is -3.75. The second-order valence-electron chi connectivity index (χ2n) is 9.12. The van der Waals surface area contributed by atoms with Gasteiger partial charge in [0.2, 0.25) is 10.0 Å². The molecule has 0 saturated heterocycles. The monoisotopic (exact) mass is 556 g/mol. The Bertz CT molecular complexity index is 1690. The third-order valence-electron chi connectivity index (χ3n) is 6.35. The lowest BCUT2D eigenvalue weighted by Crippen LogP contribution is -2.31. The summed E-state index contributed by atoms with van der Waals surface area (Å²) in [5, 5.41) is 0.558. The van der Waals surface area contributed by atoms with Crippen molar-refractivity contribution in [3.8, 4) is 0 Å². The highest BCUT2D eigenvalue weighted by molar-refractivity contribution is 7.89. The van der Waals surface area contributed by atoms with Crippen LogP contribution >= 0.6 is 11.3 Å². The molecule has 0 spiro atoms. The molecule has 7 nitrogen and oxygen atoms in total. The normalized spacial score (nSPS) is 11.7. The number of aromatic nitrogens is 2. The summed E-state index contributed by atoms with van der Waals surface area (Å²) in [6.45, 7) is 4.67. The van der Waals surface area contributed by atoms with Crippen LogP contribution in [0, 0.1) is 6.92 Å². The summed E-state index contributed by atoms with van der Waals surface area (Å²) in [6.07, 6.45) is 1.69. The van der Waals surface area contributed by atoms with Crippen molar-refractivity contribution in [2.24, 2.45) is 0 Å². The fourth-order valence-electron chi connectivity index (χ4n) is 4.24. The summed E-state index contributed by atoms with van der Waals surface area (Å²) >= 11 is 1.44. The average molecular weight is 557 g/mol. The van der Waals surface area contributed by atoms with E-state index in [1.54, 1.807) is 23.2 Å². The van der Waals surface area contributed by atoms with Crippen LogP contribution in [0.5, 0.6) is 0 Å². The van der Waals surface area contributed by atoms with E-state index in [9.17, 15) is 13.2 Å². The minimum absolute atomic E-state index is 0.142. The largest absolute Gasteiger partial charge is 0.278 e. The number of carbonyl (C=O) groups is 1. The highest BCUT2D eigenvalue weighted by Crippen LogP contribution is 2.31. The first-order valence-electron chi connectivity index (χ1n) is 12.6. The number of thiazole rings is 1. The number of hydrogen-bond acceptors (Lipinski definition) is 6. The van der Waals surface area contributed by atoms with Crippen molar-refractivity contribution in [2.45, 2.75) is 31.8 Å². The average Bonchev–Trinajstić information content (AvgIpc) is 3.38. The molecule has 2 heterocycles. The molecule has 0 aliphatic carbocycles. The number of hydrogen-bond donors (Lipinski definition) is 0. The molecule has 3 aromatic carbocycles. The second-order valence-corrected chi connectivity index (χ2v) is 12.1. The molecule has 0 aliphatic rings. The van der Waals surface area contributed by atoms with Gasteiger partial charge in [-0.15, -0.1) is 0 Å². The van der Waals surface area contributed by atoms with Crippen molar-refractivity contribution >= 4 is 42.6 Å². The molecule has 5 aromatic rings. The van der Waals surface area contributed by atoms with Crippen LogP contribution in [0.1, 0.15) is 34.1 Å². The third kappa shape index (κ3) is 5.90. The second kappa shape index (κ2) is 11.4. The van der Waals surface area contributed by atoms with Gasteiger partial charge in [0.05, 0.1) is 27.4 Å². The minimum Gasteiger partial charge on any atom is -0.278 e. The van der Waals surface area contributed by atoms with Crippen LogP contribution in [-0.4, -0.2) is 35.1 Å². The van der Waals surface area contributed by atoms with Crippen LogP contribution in [-0.2, 0) is 23.1 Å². The summed E-state index contributed by atoms with van der Waals surface area (Å²) in [6, 6.07) is 27.2. The van der Waals surface area contributed by atoms with E-state index in [-0.39, 0.29) is 23.9 Å². The molecule has 198 valence electrons. The van der Waals surface area contributed by atoms with Gasteiger partial charge in [-0.1, -0.05) is 60.7 Å². The smallest absolute Gasteiger partial charge is 0.260 e. The van der Waals surface area contributed by atoms with Crippen LogP contribution in [0.25, 0.3) is 10.2 Å². The van der Waals surface area contributed by atoms with E-state index in [1.165, 1.54) is 27.8 Å². The number of aryl methyl sites for hydroxylation is 1. The number of rotatable bonds is 9. The summed E-state index contributed by atoms with van der Waals surface area (Å²) in [4.78, 5) is 24.6. The Hall–Kier alpha value is -3.92. The van der Waals surface area contributed by atoms with E-state index in [4.69, 9.17) is 4.98 Å². The van der Waals surface area contributed by atoms with Gasteiger partial charge in [-0.2, -0.15) is 4.31 Å². The zero-order chi connectivity index (χ0) is 27.4. The number of nitrogens with zero attached hydrogens (tertiary/aromatic N) is 4. The number of fused-ring (bicyclic) bond motifs is 1. The van der Waals surface area contributed by atoms with Gasteiger partial charge in [0.25, 0.3) is 5.91 Å². The maximum absolute atomic E-state index is 13.8. The SMILES string of the molecule is CCN(Cc1ccccc1)S(=O)(=O)c1ccc(C(=O)N(Cc2ccccn2)c2nc3ccc(C)cc3s2)cc1. The Morgan fingerprint density at radius 2 is 1.64 bits per heavy atom. The van der Waals surface area contributed by atoms with Crippen molar-refractivity contribution in [1.82, 2.24) is 14.3 Å². The number of pyridine rings is 1. The fraction of sp³-hybridized carbons (Fsp3) is 0.167. The molecule has 39 heavy (non-hydrogen) atoms. The molecular formula is C30H28N4O3S2. The molecule has 0 saturated carbocycles. The number of sulfonamides is 1. The highest BCUT2D eigenvalue weighted by atomic mass is 32.2. The van der Waals surface area contributed by atoms with Crippen molar-refractivity contribution in [3.05, 3.63) is 120 Å². The Morgan fingerprint density at radius 1 is 0.897 bits per heavy atom. The first kappa shape index (κ1) is 26.7. The van der Waals surface area contributed by atoms with Gasteiger partial charge in [0.15, 0.2) is 5.13 Å². The molecule has 0 radical (unpaired) electrons. The molecule has 0 fully saturated rings. The predicted octanol–water partition coefficient (Wildman–Crippen LogP) is 6.06. The number of amides is 1. The summed E-state index contributed by atoms with van der Waals surface area (Å²) < 4.78 is 29.2. The summed E-state index contributed by atoms with van der Waals surface area (Å²) in [5.74, 6) is -0.281. The molecule has 0 aliphatic heterocycles. The fourth-order valence-corrected chi connectivity index (χ4v) is 6.74. The van der Waals surface area contributed by atoms with E-state index in [1.807, 2.05) is 74.5 Å². The first-order valence-corrected chi connectivity index (χ1v) is 14.8. The number of benzene rings is 3. The topological polar surface area (TPSA) is 83.5 Å². The lowest BCUT2D eigenvalue weighted by atomic mass is 10.2. The quantitative estimate of drug-likeness (QED) is 0.220. The molecule has 0 N–H and O–H groups in total. The maximum Gasteiger partial charge on any atom is 0.260 e. The lowest BCUT2D eigenvalue weighted by Gasteiger charge is -2.22.